The van der Waals surface area contributed by atoms with Crippen molar-refractivity contribution >= 4 is 5.91 Å². The van der Waals surface area contributed by atoms with Crippen LogP contribution in [0.5, 0.6) is 0 Å². The molecule has 110 valence electrons. The third-order valence-corrected chi connectivity index (χ3v) is 3.42. The molecule has 20 heavy (non-hydrogen) atoms. The molecule has 0 aliphatic heterocycles. The molecular weight excluding hydrogens is 254 g/mol. The van der Waals surface area contributed by atoms with Gasteiger partial charge in [-0.3, -0.25) is 9.63 Å². The first kappa shape index (κ1) is 15.0. The highest BCUT2D eigenvalue weighted by Crippen LogP contribution is 2.20. The second-order valence-corrected chi connectivity index (χ2v) is 5.51. The molecule has 1 aliphatic carbocycles. The van der Waals surface area contributed by atoms with Crippen molar-refractivity contribution in [3.63, 3.8) is 0 Å². The molecule has 0 unspecified atom stereocenters. The number of nitrogens with one attached hydrogen (secondary N) is 1. The van der Waals surface area contributed by atoms with Crippen LogP contribution in [0.4, 0.5) is 0 Å². The fraction of sp³-hybridized carbons (Fsp3) is 0.562. The summed E-state index contributed by atoms with van der Waals surface area (Å²) >= 11 is 0. The van der Waals surface area contributed by atoms with Crippen LogP contribution in [-0.2, 0) is 16.2 Å². The van der Waals surface area contributed by atoms with E-state index in [2.05, 4.69) is 5.48 Å². The Bertz CT molecular complexity index is 422. The highest BCUT2D eigenvalue weighted by molar-refractivity contribution is 5.93. The van der Waals surface area contributed by atoms with Crippen molar-refractivity contribution in [2.75, 3.05) is 0 Å². The topological polar surface area (TPSA) is 47.6 Å². The van der Waals surface area contributed by atoms with E-state index in [9.17, 15) is 4.79 Å². The van der Waals surface area contributed by atoms with Crippen LogP contribution in [0.3, 0.4) is 0 Å². The van der Waals surface area contributed by atoms with Crippen LogP contribution >= 0.6 is 0 Å². The first-order valence-electron chi connectivity index (χ1n) is 7.31. The van der Waals surface area contributed by atoms with Crippen molar-refractivity contribution < 1.29 is 14.4 Å². The number of benzene rings is 1. The molecule has 1 aromatic rings. The predicted octanol–water partition coefficient (Wildman–Crippen LogP) is 3.22. The summed E-state index contributed by atoms with van der Waals surface area (Å²) in [5, 5.41) is 0. The summed E-state index contributed by atoms with van der Waals surface area (Å²) in [7, 11) is 0. The third kappa shape index (κ3) is 4.62. The zero-order valence-corrected chi connectivity index (χ0v) is 12.2. The maximum atomic E-state index is 11.9. The maximum Gasteiger partial charge on any atom is 0.274 e. The van der Waals surface area contributed by atoms with Gasteiger partial charge in [-0.15, -0.1) is 0 Å². The summed E-state index contributed by atoms with van der Waals surface area (Å²) in [6.45, 7) is 4.57. The Labute approximate surface area is 120 Å². The van der Waals surface area contributed by atoms with E-state index in [0.29, 0.717) is 12.2 Å². The molecule has 1 fully saturated rings. The van der Waals surface area contributed by atoms with Gasteiger partial charge in [-0.2, -0.15) is 0 Å². The van der Waals surface area contributed by atoms with Gasteiger partial charge in [0.25, 0.3) is 5.91 Å². The fourth-order valence-electron chi connectivity index (χ4n) is 2.22. The quantitative estimate of drug-likeness (QED) is 0.812. The fourth-order valence-corrected chi connectivity index (χ4v) is 2.22. The minimum atomic E-state index is -0.187. The van der Waals surface area contributed by atoms with E-state index in [-0.39, 0.29) is 18.1 Å². The van der Waals surface area contributed by atoms with Crippen LogP contribution in [0.2, 0.25) is 0 Å². The van der Waals surface area contributed by atoms with Gasteiger partial charge in [-0.05, 0) is 44.4 Å². The van der Waals surface area contributed by atoms with Crippen molar-refractivity contribution in [2.24, 2.45) is 0 Å². The summed E-state index contributed by atoms with van der Waals surface area (Å²) in [6, 6.07) is 7.42. The highest BCUT2D eigenvalue weighted by Gasteiger charge is 2.17. The number of ether oxygens (including phenoxy) is 1. The monoisotopic (exact) mass is 277 g/mol. The van der Waals surface area contributed by atoms with E-state index < -0.39 is 0 Å². The van der Waals surface area contributed by atoms with Crippen LogP contribution in [-0.4, -0.2) is 18.1 Å². The minimum Gasteiger partial charge on any atom is -0.374 e. The Hall–Kier alpha value is -1.39. The molecule has 0 bridgehead atoms. The Balaban J connectivity index is 1.80. The summed E-state index contributed by atoms with van der Waals surface area (Å²) < 4.78 is 5.52. The first-order chi connectivity index (χ1) is 9.65. The average Bonchev–Trinajstić information content (AvgIpc) is 2.96. The average molecular weight is 277 g/mol. The number of rotatable bonds is 6. The molecule has 0 spiro atoms. The Kier molecular flexibility index (Phi) is 5.56. The van der Waals surface area contributed by atoms with E-state index in [1.807, 2.05) is 26.0 Å². The van der Waals surface area contributed by atoms with Crippen LogP contribution in [0, 0.1) is 0 Å². The zero-order chi connectivity index (χ0) is 14.4. The molecule has 0 aromatic heterocycles. The van der Waals surface area contributed by atoms with Gasteiger partial charge in [-0.25, -0.2) is 5.48 Å². The molecule has 4 heteroatoms. The van der Waals surface area contributed by atoms with E-state index in [1.165, 1.54) is 12.8 Å². The lowest BCUT2D eigenvalue weighted by atomic mass is 10.1. The molecule has 0 heterocycles. The van der Waals surface area contributed by atoms with Crippen LogP contribution in [0.15, 0.2) is 24.3 Å². The number of hydroxylamine groups is 1. The van der Waals surface area contributed by atoms with Crippen LogP contribution < -0.4 is 5.48 Å². The standard InChI is InChI=1S/C16H23NO3/c1-12(2)19-11-13-7-9-14(10-8-13)16(18)17-20-15-5-3-4-6-15/h7-10,12,15H,3-6,11H2,1-2H3,(H,17,18). The van der Waals surface area contributed by atoms with Gasteiger partial charge in [0.2, 0.25) is 0 Å². The number of amides is 1. The minimum absolute atomic E-state index is 0.178. The Morgan fingerprint density at radius 1 is 1.25 bits per heavy atom. The van der Waals surface area contributed by atoms with Crippen molar-refractivity contribution in [1.29, 1.82) is 0 Å². The molecule has 1 saturated carbocycles. The second-order valence-electron chi connectivity index (χ2n) is 5.51. The van der Waals surface area contributed by atoms with Gasteiger partial charge >= 0.3 is 0 Å². The van der Waals surface area contributed by atoms with Crippen molar-refractivity contribution in [3.05, 3.63) is 35.4 Å². The van der Waals surface area contributed by atoms with Crippen LogP contribution in [0.25, 0.3) is 0 Å². The number of hydrogen-bond donors (Lipinski definition) is 1. The maximum absolute atomic E-state index is 11.9. The molecule has 1 amide bonds. The van der Waals surface area contributed by atoms with Gasteiger partial charge < -0.3 is 4.74 Å². The van der Waals surface area contributed by atoms with Crippen molar-refractivity contribution in [2.45, 2.75) is 58.3 Å². The molecule has 1 N–H and O–H groups in total. The first-order valence-corrected chi connectivity index (χ1v) is 7.31. The summed E-state index contributed by atoms with van der Waals surface area (Å²) in [5.74, 6) is -0.187. The Morgan fingerprint density at radius 2 is 1.90 bits per heavy atom. The van der Waals surface area contributed by atoms with Gasteiger partial charge in [-0.1, -0.05) is 25.0 Å². The smallest absolute Gasteiger partial charge is 0.274 e. The summed E-state index contributed by atoms with van der Waals surface area (Å²) in [5.41, 5.74) is 4.21. The van der Waals surface area contributed by atoms with Gasteiger partial charge in [0.1, 0.15) is 0 Å². The van der Waals surface area contributed by atoms with E-state index in [1.54, 1.807) is 12.1 Å². The molecule has 0 radical (unpaired) electrons. The lowest BCUT2D eigenvalue weighted by Gasteiger charge is -2.12. The molecule has 0 saturated heterocycles. The lowest BCUT2D eigenvalue weighted by Crippen LogP contribution is -2.28. The lowest BCUT2D eigenvalue weighted by molar-refractivity contribution is -0.0124. The largest absolute Gasteiger partial charge is 0.374 e. The summed E-state index contributed by atoms with van der Waals surface area (Å²) in [6.07, 6.45) is 4.82. The van der Waals surface area contributed by atoms with Crippen LogP contribution in [0.1, 0.15) is 55.5 Å². The molecule has 0 atom stereocenters. The van der Waals surface area contributed by atoms with E-state index in [0.717, 1.165) is 18.4 Å². The van der Waals surface area contributed by atoms with E-state index >= 15 is 0 Å². The number of carbonyl (C=O) groups is 1. The van der Waals surface area contributed by atoms with E-state index in [4.69, 9.17) is 9.57 Å². The van der Waals surface area contributed by atoms with Gasteiger partial charge in [0.15, 0.2) is 0 Å². The number of carbonyl (C=O) groups excluding carboxylic acids is 1. The highest BCUT2D eigenvalue weighted by atomic mass is 16.7. The normalized spacial score (nSPS) is 15.8. The molecule has 1 aliphatic rings. The molecule has 1 aromatic carbocycles. The van der Waals surface area contributed by atoms with Gasteiger partial charge in [0.05, 0.1) is 18.8 Å². The second kappa shape index (κ2) is 7.41. The number of hydrogen-bond acceptors (Lipinski definition) is 3. The third-order valence-electron chi connectivity index (χ3n) is 3.42. The van der Waals surface area contributed by atoms with Crippen molar-refractivity contribution in [3.8, 4) is 0 Å². The molecule has 2 rings (SSSR count). The SMILES string of the molecule is CC(C)OCc1ccc(C(=O)NOC2CCCC2)cc1. The molecule has 4 nitrogen and oxygen atoms in total. The summed E-state index contributed by atoms with van der Waals surface area (Å²) in [4.78, 5) is 17.3. The van der Waals surface area contributed by atoms with Gasteiger partial charge in [0, 0.05) is 5.56 Å². The zero-order valence-electron chi connectivity index (χ0n) is 12.2. The molecular formula is C16H23NO3. The van der Waals surface area contributed by atoms with Crippen molar-refractivity contribution in [1.82, 2.24) is 5.48 Å². The predicted molar refractivity (Wildman–Crippen MR) is 77.2 cm³/mol. The Morgan fingerprint density at radius 3 is 2.50 bits per heavy atom.